The van der Waals surface area contributed by atoms with Crippen LogP contribution in [-0.4, -0.2) is 4.21 Å². The zero-order valence-corrected chi connectivity index (χ0v) is 13.7. The van der Waals surface area contributed by atoms with Crippen molar-refractivity contribution >= 4 is 22.8 Å². The third kappa shape index (κ3) is 7.98. The van der Waals surface area contributed by atoms with Gasteiger partial charge in [-0.2, -0.15) is 0 Å². The molecule has 0 N–H and O–H groups in total. The van der Waals surface area contributed by atoms with Crippen molar-refractivity contribution in [2.45, 2.75) is 37.5 Å². The highest BCUT2D eigenvalue weighted by Gasteiger charge is 1.99. The predicted molar refractivity (Wildman–Crippen MR) is 88.6 cm³/mol. The SMILES string of the molecule is CCCCCc1ccccc1.O=S(F)c1cccc(Cl)c1. The molecule has 0 radical (unpaired) electrons. The molecule has 0 bridgehead atoms. The molecule has 0 aliphatic carbocycles. The molecule has 4 heteroatoms. The van der Waals surface area contributed by atoms with Gasteiger partial charge in [0.05, 0.1) is 4.90 Å². The summed E-state index contributed by atoms with van der Waals surface area (Å²) in [5.74, 6) is 0. The largest absolute Gasteiger partial charge is 0.231 e. The van der Waals surface area contributed by atoms with Gasteiger partial charge in [0.1, 0.15) is 0 Å². The van der Waals surface area contributed by atoms with E-state index in [2.05, 4.69) is 37.3 Å². The van der Waals surface area contributed by atoms with Gasteiger partial charge in [0.25, 0.3) is 0 Å². The monoisotopic (exact) mass is 326 g/mol. The molecule has 0 spiro atoms. The van der Waals surface area contributed by atoms with Gasteiger partial charge in [-0.1, -0.05) is 67.8 Å². The van der Waals surface area contributed by atoms with Crippen LogP contribution in [0, 0.1) is 0 Å². The van der Waals surface area contributed by atoms with Crippen molar-refractivity contribution in [2.24, 2.45) is 0 Å². The summed E-state index contributed by atoms with van der Waals surface area (Å²) < 4.78 is 22.2. The Morgan fingerprint density at radius 2 is 1.76 bits per heavy atom. The number of halogens is 2. The van der Waals surface area contributed by atoms with Crippen molar-refractivity contribution < 1.29 is 8.09 Å². The van der Waals surface area contributed by atoms with E-state index >= 15 is 0 Å². The lowest BCUT2D eigenvalue weighted by atomic mass is 10.1. The molecule has 21 heavy (non-hydrogen) atoms. The smallest absolute Gasteiger partial charge is 0.219 e. The van der Waals surface area contributed by atoms with Crippen LogP contribution in [-0.2, 0) is 17.6 Å². The summed E-state index contributed by atoms with van der Waals surface area (Å²) in [7, 11) is 0. The standard InChI is InChI=1S/C11H16.C6H4ClFOS/c1-2-3-5-8-11-9-6-4-7-10-11;7-5-2-1-3-6(4-5)10(8)9/h4,6-7,9-10H,2-3,5,8H2,1H3;1-4H. The van der Waals surface area contributed by atoms with E-state index in [-0.39, 0.29) is 4.90 Å². The molecule has 0 fully saturated rings. The maximum absolute atomic E-state index is 12.0. The van der Waals surface area contributed by atoms with Crippen molar-refractivity contribution in [2.75, 3.05) is 0 Å². The highest BCUT2D eigenvalue weighted by molar-refractivity contribution is 7.79. The van der Waals surface area contributed by atoms with Crippen LogP contribution in [0.5, 0.6) is 0 Å². The van der Waals surface area contributed by atoms with Crippen LogP contribution in [0.1, 0.15) is 31.7 Å². The molecule has 2 rings (SSSR count). The van der Waals surface area contributed by atoms with E-state index in [1.807, 2.05) is 0 Å². The van der Waals surface area contributed by atoms with E-state index in [0.29, 0.717) is 5.02 Å². The fourth-order valence-corrected chi connectivity index (χ4v) is 2.45. The molecule has 1 nitrogen and oxygen atoms in total. The molecular formula is C17H20ClFOS. The number of rotatable bonds is 5. The summed E-state index contributed by atoms with van der Waals surface area (Å²) in [5.41, 5.74) is 1.47. The first-order valence-corrected chi connectivity index (χ1v) is 8.43. The van der Waals surface area contributed by atoms with E-state index in [9.17, 15) is 8.09 Å². The molecule has 0 amide bonds. The van der Waals surface area contributed by atoms with Gasteiger partial charge in [0.15, 0.2) is 0 Å². The Morgan fingerprint density at radius 1 is 1.05 bits per heavy atom. The Morgan fingerprint density at radius 3 is 2.29 bits per heavy atom. The maximum atomic E-state index is 12.0. The van der Waals surface area contributed by atoms with E-state index in [1.165, 1.54) is 43.4 Å². The van der Waals surface area contributed by atoms with Crippen molar-refractivity contribution in [1.82, 2.24) is 0 Å². The Hall–Kier alpha value is -1.19. The minimum Gasteiger partial charge on any atom is -0.219 e. The zero-order valence-electron chi connectivity index (χ0n) is 12.1. The Bertz CT molecular complexity index is 545. The first kappa shape index (κ1) is 17.9. The molecule has 0 saturated carbocycles. The zero-order chi connectivity index (χ0) is 15.5. The summed E-state index contributed by atoms with van der Waals surface area (Å²) in [4.78, 5) is 0.104. The summed E-state index contributed by atoms with van der Waals surface area (Å²) in [5, 5.41) is 0.392. The second-order valence-corrected chi connectivity index (χ2v) is 5.98. The van der Waals surface area contributed by atoms with Gasteiger partial charge in [-0.05, 0) is 36.6 Å². The highest BCUT2D eigenvalue weighted by atomic mass is 35.5. The summed E-state index contributed by atoms with van der Waals surface area (Å²) in [6, 6.07) is 16.6. The van der Waals surface area contributed by atoms with Crippen molar-refractivity contribution in [3.8, 4) is 0 Å². The lowest BCUT2D eigenvalue weighted by molar-refractivity contribution is 0.649. The van der Waals surface area contributed by atoms with Crippen molar-refractivity contribution in [3.63, 3.8) is 0 Å². The van der Waals surface area contributed by atoms with Gasteiger partial charge in [-0.15, -0.1) is 3.89 Å². The second kappa shape index (κ2) is 10.5. The van der Waals surface area contributed by atoms with Gasteiger partial charge in [0.2, 0.25) is 11.2 Å². The third-order valence-electron chi connectivity index (χ3n) is 2.89. The van der Waals surface area contributed by atoms with Crippen molar-refractivity contribution in [1.29, 1.82) is 0 Å². The van der Waals surface area contributed by atoms with E-state index < -0.39 is 11.2 Å². The van der Waals surface area contributed by atoms with Crippen LogP contribution < -0.4 is 0 Å². The lowest BCUT2D eigenvalue weighted by Crippen LogP contribution is -1.83. The molecule has 0 aliphatic heterocycles. The van der Waals surface area contributed by atoms with Crippen LogP contribution in [0.25, 0.3) is 0 Å². The molecule has 2 aromatic carbocycles. The average molecular weight is 327 g/mol. The first-order valence-electron chi connectivity index (χ1n) is 7.01. The quantitative estimate of drug-likeness (QED) is 0.505. The first-order chi connectivity index (χ1) is 10.1. The molecule has 0 aliphatic rings. The van der Waals surface area contributed by atoms with Gasteiger partial charge < -0.3 is 0 Å². The van der Waals surface area contributed by atoms with E-state index in [1.54, 1.807) is 12.1 Å². The van der Waals surface area contributed by atoms with Crippen LogP contribution >= 0.6 is 11.6 Å². The summed E-state index contributed by atoms with van der Waals surface area (Å²) in [6.07, 6.45) is 5.25. The predicted octanol–water partition coefficient (Wildman–Crippen LogP) is 5.75. The van der Waals surface area contributed by atoms with Gasteiger partial charge in [-0.3, -0.25) is 0 Å². The number of benzene rings is 2. The fourth-order valence-electron chi connectivity index (χ4n) is 1.79. The third-order valence-corrected chi connectivity index (χ3v) is 3.75. The van der Waals surface area contributed by atoms with E-state index in [0.717, 1.165) is 0 Å². The fraction of sp³-hybridized carbons (Fsp3) is 0.294. The molecular weight excluding hydrogens is 307 g/mol. The molecule has 2 aromatic rings. The molecule has 1 atom stereocenters. The van der Waals surface area contributed by atoms with Gasteiger partial charge in [-0.25, -0.2) is 4.21 Å². The highest BCUT2D eigenvalue weighted by Crippen LogP contribution is 2.14. The van der Waals surface area contributed by atoms with Crippen LogP contribution in [0.3, 0.4) is 0 Å². The molecule has 0 saturated heterocycles. The Kier molecular flexibility index (Phi) is 8.95. The van der Waals surface area contributed by atoms with Crippen LogP contribution in [0.15, 0.2) is 59.5 Å². The summed E-state index contributed by atoms with van der Waals surface area (Å²) >= 11 is 3.06. The van der Waals surface area contributed by atoms with Crippen LogP contribution in [0.2, 0.25) is 5.02 Å². The average Bonchev–Trinajstić information content (AvgIpc) is 2.49. The minimum atomic E-state index is -2.42. The second-order valence-electron chi connectivity index (χ2n) is 4.62. The molecule has 114 valence electrons. The van der Waals surface area contributed by atoms with Crippen molar-refractivity contribution in [3.05, 3.63) is 65.2 Å². The van der Waals surface area contributed by atoms with E-state index in [4.69, 9.17) is 11.6 Å². The summed E-state index contributed by atoms with van der Waals surface area (Å²) in [6.45, 7) is 2.24. The molecule has 1 unspecified atom stereocenters. The molecule has 0 heterocycles. The van der Waals surface area contributed by atoms with Crippen LogP contribution in [0.4, 0.5) is 3.89 Å². The molecule has 0 aromatic heterocycles. The van der Waals surface area contributed by atoms with Gasteiger partial charge in [0, 0.05) is 5.02 Å². The topological polar surface area (TPSA) is 17.1 Å². The number of aryl methyl sites for hydroxylation is 1. The Balaban J connectivity index is 0.000000211. The number of unbranched alkanes of at least 4 members (excludes halogenated alkanes) is 2. The number of hydrogen-bond donors (Lipinski definition) is 0. The normalized spacial score (nSPS) is 11.4. The maximum Gasteiger partial charge on any atom is 0.231 e. The number of hydrogen-bond acceptors (Lipinski definition) is 1. The van der Waals surface area contributed by atoms with Gasteiger partial charge >= 0.3 is 0 Å². The Labute approximate surface area is 133 Å². The lowest BCUT2D eigenvalue weighted by Gasteiger charge is -1.98. The minimum absolute atomic E-state index is 0.104.